The smallest absolute Gasteiger partial charge is 0.192 e. The molecule has 0 aromatic heterocycles. The Kier molecular flexibility index (Phi) is 12.3. The van der Waals surface area contributed by atoms with Gasteiger partial charge in [-0.3, -0.25) is 0 Å². The first-order chi connectivity index (χ1) is 13.6. The molecule has 1 rings (SSSR count). The summed E-state index contributed by atoms with van der Waals surface area (Å²) >= 11 is 0. The quantitative estimate of drug-likeness (QED) is 0.168. The summed E-state index contributed by atoms with van der Waals surface area (Å²) in [6.07, 6.45) is 15.4. The summed E-state index contributed by atoms with van der Waals surface area (Å²) in [6.45, 7) is 17.6. The second-order valence-electron chi connectivity index (χ2n) is 10.6. The van der Waals surface area contributed by atoms with Gasteiger partial charge in [0.25, 0.3) is 0 Å². The highest BCUT2D eigenvalue weighted by Gasteiger charge is 2.45. The molecule has 1 aliphatic heterocycles. The summed E-state index contributed by atoms with van der Waals surface area (Å²) in [5.74, 6) is 0. The molecule has 0 aliphatic carbocycles. The van der Waals surface area contributed by atoms with Crippen molar-refractivity contribution in [3.8, 4) is 0 Å². The van der Waals surface area contributed by atoms with Crippen LogP contribution in [0.15, 0.2) is 12.7 Å². The SMILES string of the molecule is C=CCCCCCCC[C@@H](O)[C@H]1C[C@H](O[Si](C)(C)C(C)(C)C)[C@H](CCCCC)O1. The average molecular weight is 427 g/mol. The van der Waals surface area contributed by atoms with Crippen LogP contribution in [0.3, 0.4) is 0 Å². The molecule has 0 radical (unpaired) electrons. The zero-order valence-corrected chi connectivity index (χ0v) is 21.3. The predicted octanol–water partition coefficient (Wildman–Crippen LogP) is 7.39. The number of allylic oxidation sites excluding steroid dienone is 1. The van der Waals surface area contributed by atoms with Crippen LogP contribution in [0.2, 0.25) is 18.1 Å². The van der Waals surface area contributed by atoms with E-state index in [-0.39, 0.29) is 29.5 Å². The van der Waals surface area contributed by atoms with E-state index in [4.69, 9.17) is 9.16 Å². The molecule has 0 amide bonds. The van der Waals surface area contributed by atoms with E-state index in [1.807, 2.05) is 6.08 Å². The van der Waals surface area contributed by atoms with E-state index in [2.05, 4.69) is 47.4 Å². The number of rotatable bonds is 15. The molecule has 0 unspecified atom stereocenters. The summed E-state index contributed by atoms with van der Waals surface area (Å²) < 4.78 is 13.1. The maximum Gasteiger partial charge on any atom is 0.192 e. The fourth-order valence-corrected chi connectivity index (χ4v) is 5.24. The Balaban J connectivity index is 2.53. The molecule has 0 aromatic rings. The number of ether oxygens (including phenoxy) is 1. The Morgan fingerprint density at radius 2 is 1.76 bits per heavy atom. The lowest BCUT2D eigenvalue weighted by Gasteiger charge is -2.39. The van der Waals surface area contributed by atoms with Crippen molar-refractivity contribution in [1.29, 1.82) is 0 Å². The first-order valence-corrected chi connectivity index (χ1v) is 15.2. The van der Waals surface area contributed by atoms with Crippen LogP contribution in [0.5, 0.6) is 0 Å². The molecule has 0 bridgehead atoms. The van der Waals surface area contributed by atoms with E-state index >= 15 is 0 Å². The average Bonchev–Trinajstić information content (AvgIpc) is 3.02. The molecular weight excluding hydrogens is 376 g/mol. The van der Waals surface area contributed by atoms with Gasteiger partial charge in [0.1, 0.15) is 0 Å². The van der Waals surface area contributed by atoms with E-state index in [1.165, 1.54) is 44.9 Å². The molecule has 172 valence electrons. The maximum atomic E-state index is 10.8. The van der Waals surface area contributed by atoms with E-state index in [9.17, 15) is 5.11 Å². The molecule has 4 heteroatoms. The van der Waals surface area contributed by atoms with Crippen molar-refractivity contribution >= 4 is 8.32 Å². The van der Waals surface area contributed by atoms with Crippen molar-refractivity contribution in [2.24, 2.45) is 0 Å². The lowest BCUT2D eigenvalue weighted by Crippen LogP contribution is -2.46. The molecule has 0 spiro atoms. The minimum atomic E-state index is -1.84. The first-order valence-electron chi connectivity index (χ1n) is 12.2. The van der Waals surface area contributed by atoms with Crippen LogP contribution < -0.4 is 0 Å². The van der Waals surface area contributed by atoms with Crippen LogP contribution in [0.4, 0.5) is 0 Å². The summed E-state index contributed by atoms with van der Waals surface area (Å²) in [7, 11) is -1.84. The standard InChI is InChI=1S/C25H50O3Si/c1-8-10-12-13-14-15-17-18-21(26)23-20-24(22(27-23)19-16-11-9-2)28-29(6,7)25(3,4)5/h8,21-24,26H,1,9-20H2,2-7H3/t21-,22+,23-,24+/m1/s1. The summed E-state index contributed by atoms with van der Waals surface area (Å²) in [5.41, 5.74) is 0. The van der Waals surface area contributed by atoms with Gasteiger partial charge in [-0.15, -0.1) is 6.58 Å². The maximum absolute atomic E-state index is 10.8. The fourth-order valence-electron chi connectivity index (χ4n) is 3.88. The topological polar surface area (TPSA) is 38.7 Å². The van der Waals surface area contributed by atoms with Crippen molar-refractivity contribution < 1.29 is 14.3 Å². The van der Waals surface area contributed by atoms with Crippen LogP contribution in [0.25, 0.3) is 0 Å². The minimum Gasteiger partial charge on any atom is -0.411 e. The van der Waals surface area contributed by atoms with Gasteiger partial charge in [0.05, 0.1) is 24.4 Å². The van der Waals surface area contributed by atoms with E-state index in [1.54, 1.807) is 0 Å². The summed E-state index contributed by atoms with van der Waals surface area (Å²) in [6, 6.07) is 0. The molecule has 0 aromatic carbocycles. The van der Waals surface area contributed by atoms with Crippen LogP contribution >= 0.6 is 0 Å². The van der Waals surface area contributed by atoms with Gasteiger partial charge in [0, 0.05) is 6.42 Å². The highest BCUT2D eigenvalue weighted by Crippen LogP contribution is 2.40. The Bertz CT molecular complexity index is 444. The molecule has 0 saturated carbocycles. The van der Waals surface area contributed by atoms with Gasteiger partial charge in [-0.05, 0) is 43.8 Å². The van der Waals surface area contributed by atoms with Gasteiger partial charge in [-0.2, -0.15) is 0 Å². The lowest BCUT2D eigenvalue weighted by molar-refractivity contribution is -0.0488. The Morgan fingerprint density at radius 3 is 2.38 bits per heavy atom. The molecule has 4 atom stereocenters. The van der Waals surface area contributed by atoms with Gasteiger partial charge >= 0.3 is 0 Å². The molecule has 3 nitrogen and oxygen atoms in total. The zero-order chi connectivity index (χ0) is 21.9. The number of hydrogen-bond donors (Lipinski definition) is 1. The second-order valence-corrected chi connectivity index (χ2v) is 15.3. The van der Waals surface area contributed by atoms with Crippen LogP contribution in [0.1, 0.15) is 105 Å². The van der Waals surface area contributed by atoms with Gasteiger partial charge in [-0.1, -0.05) is 78.7 Å². The van der Waals surface area contributed by atoms with Gasteiger partial charge in [0.2, 0.25) is 0 Å². The Labute approximate surface area is 182 Å². The summed E-state index contributed by atoms with van der Waals surface area (Å²) in [5, 5.41) is 11.0. The Morgan fingerprint density at radius 1 is 1.10 bits per heavy atom. The highest BCUT2D eigenvalue weighted by molar-refractivity contribution is 6.74. The molecule has 1 heterocycles. The number of aliphatic hydroxyl groups excluding tert-OH is 1. The van der Waals surface area contributed by atoms with Crippen molar-refractivity contribution in [2.45, 2.75) is 147 Å². The van der Waals surface area contributed by atoms with Gasteiger partial charge in [0.15, 0.2) is 8.32 Å². The number of hydrogen-bond acceptors (Lipinski definition) is 3. The third kappa shape index (κ3) is 9.67. The van der Waals surface area contributed by atoms with Gasteiger partial charge in [-0.25, -0.2) is 0 Å². The molecule has 1 fully saturated rings. The normalized spacial score (nSPS) is 24.0. The Hall–Kier alpha value is -0.163. The third-order valence-corrected chi connectivity index (χ3v) is 11.4. The van der Waals surface area contributed by atoms with Crippen molar-refractivity contribution in [2.75, 3.05) is 0 Å². The van der Waals surface area contributed by atoms with Crippen molar-refractivity contribution in [3.63, 3.8) is 0 Å². The van der Waals surface area contributed by atoms with Crippen LogP contribution in [-0.4, -0.2) is 37.8 Å². The van der Waals surface area contributed by atoms with E-state index in [0.717, 1.165) is 32.1 Å². The zero-order valence-electron chi connectivity index (χ0n) is 20.3. The van der Waals surface area contributed by atoms with E-state index in [0.29, 0.717) is 0 Å². The largest absolute Gasteiger partial charge is 0.411 e. The van der Waals surface area contributed by atoms with Crippen molar-refractivity contribution in [1.82, 2.24) is 0 Å². The molecular formula is C25H50O3Si. The van der Waals surface area contributed by atoms with Crippen molar-refractivity contribution in [3.05, 3.63) is 12.7 Å². The van der Waals surface area contributed by atoms with E-state index < -0.39 is 8.32 Å². The van der Waals surface area contributed by atoms with Gasteiger partial charge < -0.3 is 14.3 Å². The minimum absolute atomic E-state index is 0.0582. The molecule has 29 heavy (non-hydrogen) atoms. The monoisotopic (exact) mass is 426 g/mol. The van der Waals surface area contributed by atoms with Crippen LogP contribution in [-0.2, 0) is 9.16 Å². The highest BCUT2D eigenvalue weighted by atomic mass is 28.4. The summed E-state index contributed by atoms with van der Waals surface area (Å²) in [4.78, 5) is 0. The van der Waals surface area contributed by atoms with Crippen LogP contribution in [0, 0.1) is 0 Å². The fraction of sp³-hybridized carbons (Fsp3) is 0.920. The predicted molar refractivity (Wildman–Crippen MR) is 128 cm³/mol. The second kappa shape index (κ2) is 13.3. The lowest BCUT2D eigenvalue weighted by atomic mass is 10.0. The number of aliphatic hydroxyl groups is 1. The first kappa shape index (κ1) is 26.9. The molecule has 1 aliphatic rings. The molecule has 1 saturated heterocycles. The third-order valence-electron chi connectivity index (χ3n) is 6.91. The molecule has 1 N–H and O–H groups in total. The number of unbranched alkanes of at least 4 members (excludes halogenated alkanes) is 7.